The molecule has 0 saturated carbocycles. The minimum Gasteiger partial charge on any atom is -0.444 e. The first-order valence-electron chi connectivity index (χ1n) is 5.52. The zero-order valence-electron chi connectivity index (χ0n) is 9.90. The number of H-pyrrole nitrogens is 1. The number of fused-ring (bicyclic) bond motifs is 1. The van der Waals surface area contributed by atoms with E-state index in [2.05, 4.69) is 36.4 Å². The third-order valence-electron chi connectivity index (χ3n) is 2.59. The summed E-state index contributed by atoms with van der Waals surface area (Å²) in [6, 6.07) is 6.95. The summed E-state index contributed by atoms with van der Waals surface area (Å²) in [5.74, 6) is 0.280. The molecule has 3 aromatic rings. The number of amides is 1. The molecule has 0 aliphatic rings. The molecule has 0 aliphatic carbocycles. The zero-order valence-corrected chi connectivity index (χ0v) is 11.5. The largest absolute Gasteiger partial charge is 0.444 e. The molecule has 6 nitrogen and oxygen atoms in total. The number of furan rings is 1. The van der Waals surface area contributed by atoms with E-state index < -0.39 is 0 Å². The number of pyridine rings is 1. The molecule has 3 aromatic heterocycles. The standard InChI is InChI=1S/C12H9BrN4O2/c1-6-2-3-7-10(14-6)16-17-11(7)15-12(18)8-4-5-9(13)19-8/h2-5H,1H3,(H2,14,15,16,17,18). The summed E-state index contributed by atoms with van der Waals surface area (Å²) in [5.41, 5.74) is 1.51. The molecule has 96 valence electrons. The molecule has 0 aliphatic heterocycles. The van der Waals surface area contributed by atoms with Gasteiger partial charge in [-0.25, -0.2) is 4.98 Å². The number of nitrogens with zero attached hydrogens (tertiary/aromatic N) is 2. The Morgan fingerprint density at radius 2 is 2.21 bits per heavy atom. The van der Waals surface area contributed by atoms with Crippen LogP contribution in [0.5, 0.6) is 0 Å². The van der Waals surface area contributed by atoms with Crippen molar-refractivity contribution in [1.29, 1.82) is 0 Å². The van der Waals surface area contributed by atoms with Crippen LogP contribution in [0.2, 0.25) is 0 Å². The van der Waals surface area contributed by atoms with E-state index in [1.807, 2.05) is 19.1 Å². The van der Waals surface area contributed by atoms with Crippen molar-refractivity contribution in [3.8, 4) is 0 Å². The normalized spacial score (nSPS) is 10.8. The molecule has 7 heteroatoms. The number of aromatic nitrogens is 3. The Kier molecular flexibility index (Phi) is 2.83. The van der Waals surface area contributed by atoms with Gasteiger partial charge >= 0.3 is 0 Å². The zero-order chi connectivity index (χ0) is 13.4. The fourth-order valence-corrected chi connectivity index (χ4v) is 2.01. The third kappa shape index (κ3) is 2.24. The molecule has 0 aromatic carbocycles. The molecule has 0 spiro atoms. The minimum absolute atomic E-state index is 0.211. The lowest BCUT2D eigenvalue weighted by atomic mass is 10.3. The van der Waals surface area contributed by atoms with Crippen molar-refractivity contribution >= 4 is 38.7 Å². The maximum atomic E-state index is 11.9. The second-order valence-electron chi connectivity index (χ2n) is 3.98. The number of carbonyl (C=O) groups is 1. The predicted molar refractivity (Wildman–Crippen MR) is 73.0 cm³/mol. The predicted octanol–water partition coefficient (Wildman–Crippen LogP) is 2.87. The average Bonchev–Trinajstić information content (AvgIpc) is 2.96. The van der Waals surface area contributed by atoms with Gasteiger partial charge in [-0.2, -0.15) is 5.10 Å². The summed E-state index contributed by atoms with van der Waals surface area (Å²) in [5, 5.41) is 10.2. The van der Waals surface area contributed by atoms with E-state index in [9.17, 15) is 4.79 Å². The third-order valence-corrected chi connectivity index (χ3v) is 3.02. The van der Waals surface area contributed by atoms with Gasteiger partial charge < -0.3 is 9.73 Å². The number of nitrogens with one attached hydrogen (secondary N) is 2. The molecule has 0 radical (unpaired) electrons. The number of hydrogen-bond acceptors (Lipinski definition) is 4. The van der Waals surface area contributed by atoms with Crippen molar-refractivity contribution in [3.63, 3.8) is 0 Å². The van der Waals surface area contributed by atoms with Crippen LogP contribution in [0.4, 0.5) is 5.82 Å². The smallest absolute Gasteiger partial charge is 0.292 e. The lowest BCUT2D eigenvalue weighted by molar-refractivity contribution is 0.0995. The monoisotopic (exact) mass is 320 g/mol. The lowest BCUT2D eigenvalue weighted by Gasteiger charge is -1.99. The molecule has 3 heterocycles. The number of hydrogen-bond donors (Lipinski definition) is 2. The molecule has 0 unspecified atom stereocenters. The van der Waals surface area contributed by atoms with E-state index in [4.69, 9.17) is 4.42 Å². The van der Waals surface area contributed by atoms with Crippen molar-refractivity contribution in [1.82, 2.24) is 15.2 Å². The maximum Gasteiger partial charge on any atom is 0.292 e. The van der Waals surface area contributed by atoms with Gasteiger partial charge in [0.25, 0.3) is 5.91 Å². The Hall–Kier alpha value is -2.15. The number of anilines is 1. The molecule has 0 saturated heterocycles. The fourth-order valence-electron chi connectivity index (χ4n) is 1.70. The van der Waals surface area contributed by atoms with Gasteiger partial charge in [0.05, 0.1) is 5.39 Å². The molecule has 3 rings (SSSR count). The molecule has 2 N–H and O–H groups in total. The SMILES string of the molecule is Cc1ccc2c(NC(=O)c3ccc(Br)o3)n[nH]c2n1. The first-order valence-corrected chi connectivity index (χ1v) is 6.31. The van der Waals surface area contributed by atoms with Gasteiger partial charge in [-0.3, -0.25) is 9.89 Å². The van der Waals surface area contributed by atoms with E-state index in [1.54, 1.807) is 12.1 Å². The molecule has 0 atom stereocenters. The van der Waals surface area contributed by atoms with Gasteiger partial charge in [-0.15, -0.1) is 0 Å². The summed E-state index contributed by atoms with van der Waals surface area (Å²) >= 11 is 3.15. The van der Waals surface area contributed by atoms with Crippen LogP contribution in [0.3, 0.4) is 0 Å². The van der Waals surface area contributed by atoms with E-state index in [1.165, 1.54) is 0 Å². The Balaban J connectivity index is 1.91. The fraction of sp³-hybridized carbons (Fsp3) is 0.0833. The Morgan fingerprint density at radius 1 is 1.37 bits per heavy atom. The molecular weight excluding hydrogens is 312 g/mol. The second kappa shape index (κ2) is 4.51. The highest BCUT2D eigenvalue weighted by Crippen LogP contribution is 2.20. The van der Waals surface area contributed by atoms with Crippen molar-refractivity contribution in [3.05, 3.63) is 40.4 Å². The Bertz CT molecular complexity index is 762. The summed E-state index contributed by atoms with van der Waals surface area (Å²) in [6.45, 7) is 1.89. The van der Waals surface area contributed by atoms with E-state index >= 15 is 0 Å². The van der Waals surface area contributed by atoms with Gasteiger partial charge in [-0.1, -0.05) is 0 Å². The highest BCUT2D eigenvalue weighted by molar-refractivity contribution is 9.10. The van der Waals surface area contributed by atoms with E-state index in [0.29, 0.717) is 16.1 Å². The summed E-state index contributed by atoms with van der Waals surface area (Å²) in [6.07, 6.45) is 0. The minimum atomic E-state index is -0.361. The topological polar surface area (TPSA) is 83.8 Å². The number of halogens is 1. The van der Waals surface area contributed by atoms with Crippen LogP contribution in [-0.4, -0.2) is 21.1 Å². The average molecular weight is 321 g/mol. The number of rotatable bonds is 2. The summed E-state index contributed by atoms with van der Waals surface area (Å²) < 4.78 is 5.68. The van der Waals surface area contributed by atoms with Crippen LogP contribution >= 0.6 is 15.9 Å². The van der Waals surface area contributed by atoms with Crippen molar-refractivity contribution < 1.29 is 9.21 Å². The first-order chi connectivity index (χ1) is 9.13. The van der Waals surface area contributed by atoms with Crippen LogP contribution in [0.15, 0.2) is 33.4 Å². The highest BCUT2D eigenvalue weighted by atomic mass is 79.9. The van der Waals surface area contributed by atoms with Crippen LogP contribution in [0.1, 0.15) is 16.2 Å². The van der Waals surface area contributed by atoms with Crippen molar-refractivity contribution in [2.45, 2.75) is 6.92 Å². The van der Waals surface area contributed by atoms with Gasteiger partial charge in [0.1, 0.15) is 0 Å². The molecular formula is C12H9BrN4O2. The number of aromatic amines is 1. The van der Waals surface area contributed by atoms with Gasteiger partial charge in [-0.05, 0) is 47.1 Å². The van der Waals surface area contributed by atoms with Crippen LogP contribution in [0.25, 0.3) is 11.0 Å². The molecule has 0 bridgehead atoms. The quantitative estimate of drug-likeness (QED) is 0.760. The summed E-state index contributed by atoms with van der Waals surface area (Å²) in [4.78, 5) is 16.2. The van der Waals surface area contributed by atoms with Gasteiger partial charge in [0, 0.05) is 5.69 Å². The lowest BCUT2D eigenvalue weighted by Crippen LogP contribution is -2.11. The molecule has 19 heavy (non-hydrogen) atoms. The number of carbonyl (C=O) groups excluding carboxylic acids is 1. The summed E-state index contributed by atoms with van der Waals surface area (Å²) in [7, 11) is 0. The van der Waals surface area contributed by atoms with Crippen molar-refractivity contribution in [2.75, 3.05) is 5.32 Å². The van der Waals surface area contributed by atoms with Crippen LogP contribution in [-0.2, 0) is 0 Å². The Morgan fingerprint density at radius 3 is 2.95 bits per heavy atom. The van der Waals surface area contributed by atoms with E-state index in [0.717, 1.165) is 11.1 Å². The maximum absolute atomic E-state index is 11.9. The molecule has 1 amide bonds. The van der Waals surface area contributed by atoms with E-state index in [-0.39, 0.29) is 11.7 Å². The van der Waals surface area contributed by atoms with Crippen molar-refractivity contribution in [2.24, 2.45) is 0 Å². The van der Waals surface area contributed by atoms with Crippen LogP contribution in [0, 0.1) is 6.92 Å². The number of aryl methyl sites for hydroxylation is 1. The highest BCUT2D eigenvalue weighted by Gasteiger charge is 2.14. The van der Waals surface area contributed by atoms with Gasteiger partial charge in [0.15, 0.2) is 21.9 Å². The Labute approximate surface area is 116 Å². The molecule has 0 fully saturated rings. The van der Waals surface area contributed by atoms with Gasteiger partial charge in [0.2, 0.25) is 0 Å². The van der Waals surface area contributed by atoms with Crippen LogP contribution < -0.4 is 5.32 Å². The second-order valence-corrected chi connectivity index (χ2v) is 4.76. The first kappa shape index (κ1) is 11.9.